The fourth-order valence-corrected chi connectivity index (χ4v) is 3.85. The molecule has 0 unspecified atom stereocenters. The van der Waals surface area contributed by atoms with Crippen LogP contribution in [0, 0.1) is 0 Å². The molecule has 2 aromatic rings. The van der Waals surface area contributed by atoms with Crippen molar-refractivity contribution in [1.82, 2.24) is 9.80 Å². The molecule has 0 spiro atoms. The summed E-state index contributed by atoms with van der Waals surface area (Å²) in [7, 11) is 0. The third-order valence-electron chi connectivity index (χ3n) is 4.67. The quantitative estimate of drug-likeness (QED) is 0.716. The van der Waals surface area contributed by atoms with Crippen molar-refractivity contribution in [3.63, 3.8) is 0 Å². The van der Waals surface area contributed by atoms with Crippen molar-refractivity contribution in [3.05, 3.63) is 46.7 Å². The van der Waals surface area contributed by atoms with Gasteiger partial charge in [0.05, 0.1) is 6.54 Å². The minimum absolute atomic E-state index is 0.117. The standard InChI is InChI=1S/C20H22F3N3O3S/c21-20(22,23)29-17-4-2-16(3-5-17)24-18(27)13-25-8-10-26(11-9-25)19(28)6-1-15-7-12-30-14-15/h2-5,7,12,14H,1,6,8-11,13H2,(H,24,27). The van der Waals surface area contributed by atoms with Gasteiger partial charge in [-0.1, -0.05) is 0 Å². The number of nitrogens with zero attached hydrogens (tertiary/aromatic N) is 2. The third kappa shape index (κ3) is 7.03. The molecule has 30 heavy (non-hydrogen) atoms. The van der Waals surface area contributed by atoms with Crippen molar-refractivity contribution in [2.24, 2.45) is 0 Å². The predicted molar refractivity (Wildman–Crippen MR) is 107 cm³/mol. The molecule has 2 heterocycles. The van der Waals surface area contributed by atoms with Gasteiger partial charge < -0.3 is 15.0 Å². The Morgan fingerprint density at radius 3 is 2.37 bits per heavy atom. The predicted octanol–water partition coefficient (Wildman–Crippen LogP) is 3.36. The van der Waals surface area contributed by atoms with Crippen LogP contribution in [0.25, 0.3) is 0 Å². The van der Waals surface area contributed by atoms with Crippen molar-refractivity contribution in [1.29, 1.82) is 0 Å². The number of nitrogens with one attached hydrogen (secondary N) is 1. The molecular formula is C20H22F3N3O3S. The number of rotatable bonds is 7. The van der Waals surface area contributed by atoms with E-state index in [1.807, 2.05) is 26.6 Å². The molecular weight excluding hydrogens is 419 g/mol. The molecule has 1 aromatic carbocycles. The Morgan fingerprint density at radius 2 is 1.77 bits per heavy atom. The summed E-state index contributed by atoms with van der Waals surface area (Å²) in [4.78, 5) is 28.3. The molecule has 0 aliphatic carbocycles. The van der Waals surface area contributed by atoms with Crippen LogP contribution in [-0.2, 0) is 16.0 Å². The highest BCUT2D eigenvalue weighted by molar-refractivity contribution is 7.07. The van der Waals surface area contributed by atoms with E-state index in [2.05, 4.69) is 10.1 Å². The van der Waals surface area contributed by atoms with E-state index in [9.17, 15) is 22.8 Å². The Labute approximate surface area is 176 Å². The van der Waals surface area contributed by atoms with Crippen molar-refractivity contribution < 1.29 is 27.5 Å². The maximum Gasteiger partial charge on any atom is 0.573 e. The molecule has 1 N–H and O–H groups in total. The van der Waals surface area contributed by atoms with Crippen LogP contribution in [0.1, 0.15) is 12.0 Å². The van der Waals surface area contributed by atoms with E-state index >= 15 is 0 Å². The van der Waals surface area contributed by atoms with Crippen LogP contribution in [0.2, 0.25) is 0 Å². The van der Waals surface area contributed by atoms with Crippen LogP contribution >= 0.6 is 11.3 Å². The second-order valence-electron chi connectivity index (χ2n) is 6.91. The van der Waals surface area contributed by atoms with Gasteiger partial charge in [-0.3, -0.25) is 14.5 Å². The molecule has 0 bridgehead atoms. The summed E-state index contributed by atoms with van der Waals surface area (Å²) in [5.74, 6) is -0.497. The number of carbonyl (C=O) groups is 2. The molecule has 3 rings (SSSR count). The molecule has 1 fully saturated rings. The van der Waals surface area contributed by atoms with Gasteiger partial charge in [0.1, 0.15) is 5.75 Å². The maximum atomic E-state index is 12.3. The zero-order valence-electron chi connectivity index (χ0n) is 16.2. The zero-order chi connectivity index (χ0) is 21.6. The molecule has 162 valence electrons. The van der Waals surface area contributed by atoms with Crippen molar-refractivity contribution >= 4 is 28.8 Å². The van der Waals surface area contributed by atoms with Gasteiger partial charge in [0, 0.05) is 38.3 Å². The van der Waals surface area contributed by atoms with E-state index in [-0.39, 0.29) is 24.1 Å². The molecule has 1 aliphatic rings. The SMILES string of the molecule is O=C(CN1CCN(C(=O)CCc2ccsc2)CC1)Nc1ccc(OC(F)(F)F)cc1. The Morgan fingerprint density at radius 1 is 1.07 bits per heavy atom. The summed E-state index contributed by atoms with van der Waals surface area (Å²) in [6, 6.07) is 7.00. The highest BCUT2D eigenvalue weighted by Crippen LogP contribution is 2.24. The number of amides is 2. The Bertz CT molecular complexity index is 833. The van der Waals surface area contributed by atoms with Gasteiger partial charge in [-0.25, -0.2) is 0 Å². The summed E-state index contributed by atoms with van der Waals surface area (Å²) in [6.07, 6.45) is -3.54. The molecule has 0 radical (unpaired) electrons. The molecule has 10 heteroatoms. The average molecular weight is 441 g/mol. The minimum atomic E-state index is -4.75. The second-order valence-corrected chi connectivity index (χ2v) is 7.69. The molecule has 1 aliphatic heterocycles. The lowest BCUT2D eigenvalue weighted by Gasteiger charge is -2.34. The first-order chi connectivity index (χ1) is 14.3. The Balaban J connectivity index is 1.38. The summed E-state index contributed by atoms with van der Waals surface area (Å²) >= 11 is 1.62. The smallest absolute Gasteiger partial charge is 0.406 e. The van der Waals surface area contributed by atoms with Crippen LogP contribution in [0.15, 0.2) is 41.1 Å². The van der Waals surface area contributed by atoms with Gasteiger partial charge in [0.2, 0.25) is 11.8 Å². The first kappa shape index (κ1) is 22.1. The number of alkyl halides is 3. The monoisotopic (exact) mass is 441 g/mol. The number of carbonyl (C=O) groups excluding carboxylic acids is 2. The van der Waals surface area contributed by atoms with E-state index in [1.54, 1.807) is 11.3 Å². The van der Waals surface area contributed by atoms with Crippen molar-refractivity contribution in [3.8, 4) is 5.75 Å². The first-order valence-electron chi connectivity index (χ1n) is 9.45. The van der Waals surface area contributed by atoms with Crippen LogP contribution in [-0.4, -0.2) is 60.7 Å². The lowest BCUT2D eigenvalue weighted by atomic mass is 10.1. The van der Waals surface area contributed by atoms with Crippen LogP contribution in [0.5, 0.6) is 5.75 Å². The zero-order valence-corrected chi connectivity index (χ0v) is 17.0. The average Bonchev–Trinajstić information content (AvgIpc) is 3.21. The van der Waals surface area contributed by atoms with Crippen LogP contribution in [0.3, 0.4) is 0 Å². The van der Waals surface area contributed by atoms with Gasteiger partial charge in [-0.2, -0.15) is 11.3 Å². The topological polar surface area (TPSA) is 61.9 Å². The summed E-state index contributed by atoms with van der Waals surface area (Å²) in [5.41, 5.74) is 1.55. The number of piperazine rings is 1. The molecule has 0 atom stereocenters. The summed E-state index contributed by atoms with van der Waals surface area (Å²) < 4.78 is 40.3. The highest BCUT2D eigenvalue weighted by Gasteiger charge is 2.31. The van der Waals surface area contributed by atoms with Crippen molar-refractivity contribution in [2.75, 3.05) is 38.0 Å². The summed E-state index contributed by atoms with van der Waals surface area (Å²) in [5, 5.41) is 6.69. The fourth-order valence-electron chi connectivity index (χ4n) is 3.14. The van der Waals surface area contributed by atoms with Gasteiger partial charge in [0.15, 0.2) is 0 Å². The largest absolute Gasteiger partial charge is 0.573 e. The second kappa shape index (κ2) is 9.94. The van der Waals surface area contributed by atoms with E-state index in [0.717, 1.165) is 18.6 Å². The molecule has 1 aromatic heterocycles. The van der Waals surface area contributed by atoms with E-state index in [0.29, 0.717) is 38.3 Å². The minimum Gasteiger partial charge on any atom is -0.406 e. The number of benzene rings is 1. The number of hydrogen-bond acceptors (Lipinski definition) is 5. The van der Waals surface area contributed by atoms with Crippen LogP contribution < -0.4 is 10.1 Å². The van der Waals surface area contributed by atoms with Crippen LogP contribution in [0.4, 0.5) is 18.9 Å². The highest BCUT2D eigenvalue weighted by atomic mass is 32.1. The van der Waals surface area contributed by atoms with E-state index < -0.39 is 6.36 Å². The van der Waals surface area contributed by atoms with Gasteiger partial charge >= 0.3 is 6.36 Å². The van der Waals surface area contributed by atoms with Gasteiger partial charge in [-0.15, -0.1) is 13.2 Å². The van der Waals surface area contributed by atoms with Crippen molar-refractivity contribution in [2.45, 2.75) is 19.2 Å². The number of halogens is 3. The van der Waals surface area contributed by atoms with E-state index in [4.69, 9.17) is 0 Å². The van der Waals surface area contributed by atoms with E-state index in [1.165, 1.54) is 17.7 Å². The molecule has 0 saturated carbocycles. The molecule has 6 nitrogen and oxygen atoms in total. The maximum absolute atomic E-state index is 12.3. The normalized spacial score (nSPS) is 15.1. The fraction of sp³-hybridized carbons (Fsp3) is 0.400. The Kier molecular flexibility index (Phi) is 7.33. The lowest BCUT2D eigenvalue weighted by Crippen LogP contribution is -2.50. The van der Waals surface area contributed by atoms with Gasteiger partial charge in [0.25, 0.3) is 0 Å². The molecule has 2 amide bonds. The number of hydrogen-bond donors (Lipinski definition) is 1. The lowest BCUT2D eigenvalue weighted by molar-refractivity contribution is -0.274. The number of thiophene rings is 1. The summed E-state index contributed by atoms with van der Waals surface area (Å²) in [6.45, 7) is 2.47. The number of aryl methyl sites for hydroxylation is 1. The first-order valence-corrected chi connectivity index (χ1v) is 10.4. The molecule has 1 saturated heterocycles. The van der Waals surface area contributed by atoms with Gasteiger partial charge in [-0.05, 0) is 53.1 Å². The number of anilines is 1. The number of ether oxygens (including phenoxy) is 1. The Hall–Kier alpha value is -2.59. The third-order valence-corrected chi connectivity index (χ3v) is 5.40.